The third-order valence-corrected chi connectivity index (χ3v) is 2.27. The quantitative estimate of drug-likeness (QED) is 0.644. The first-order chi connectivity index (χ1) is 9.61. The number of nitrogens with one attached hydrogen (secondary N) is 1. The number of carbonyl (C=O) groups excluding carboxylic acids is 1. The molecule has 0 aromatic heterocycles. The molecule has 0 heterocycles. The van der Waals surface area contributed by atoms with E-state index in [0.717, 1.165) is 13.0 Å². The van der Waals surface area contributed by atoms with E-state index >= 15 is 0 Å². The molecule has 0 saturated heterocycles. The molecule has 4 heteroatoms. The van der Waals surface area contributed by atoms with Gasteiger partial charge < -0.3 is 16.0 Å². The number of carbonyl (C=O) groups is 1. The molecule has 4 nitrogen and oxygen atoms in total. The maximum atomic E-state index is 11.7. The molecule has 0 fully saturated rings. The largest absolute Gasteiger partial charge is 0.398 e. The minimum Gasteiger partial charge on any atom is -0.398 e. The molecule has 0 aliphatic rings. The summed E-state index contributed by atoms with van der Waals surface area (Å²) in [5, 5.41) is 2.85. The van der Waals surface area contributed by atoms with Gasteiger partial charge in [0.2, 0.25) is 0 Å². The zero-order valence-corrected chi connectivity index (χ0v) is 13.9. The van der Waals surface area contributed by atoms with Crippen LogP contribution in [0.3, 0.4) is 0 Å². The first-order valence-corrected chi connectivity index (χ1v) is 7.38. The first-order valence-electron chi connectivity index (χ1n) is 7.38. The highest BCUT2D eigenvalue weighted by molar-refractivity contribution is 5.98. The lowest BCUT2D eigenvalue weighted by Gasteiger charge is -2.10. The molecule has 0 atom stereocenters. The van der Waals surface area contributed by atoms with Crippen molar-refractivity contribution in [3.8, 4) is 0 Å². The Labute approximate surface area is 124 Å². The standard InChI is InChI=1S/C12H19N3O.2C2H6/c1-15(2)9-5-8-14-12(16)10-6-3-4-7-11(10)13;2*1-2/h3-4,6-7H,5,8-9,13H2,1-2H3,(H,14,16);2*1-2H3. The van der Waals surface area contributed by atoms with Gasteiger partial charge in [-0.05, 0) is 39.2 Å². The highest BCUT2D eigenvalue weighted by atomic mass is 16.1. The number of amides is 1. The molecule has 0 spiro atoms. The van der Waals surface area contributed by atoms with Crippen molar-refractivity contribution in [1.82, 2.24) is 10.2 Å². The summed E-state index contributed by atoms with van der Waals surface area (Å²) in [6, 6.07) is 7.09. The minimum atomic E-state index is -0.100. The summed E-state index contributed by atoms with van der Waals surface area (Å²) >= 11 is 0. The second kappa shape index (κ2) is 13.9. The van der Waals surface area contributed by atoms with Crippen LogP contribution in [0.15, 0.2) is 24.3 Å². The summed E-state index contributed by atoms with van der Waals surface area (Å²) in [6.07, 6.45) is 0.936. The van der Waals surface area contributed by atoms with Gasteiger partial charge in [-0.2, -0.15) is 0 Å². The van der Waals surface area contributed by atoms with Crippen molar-refractivity contribution in [2.45, 2.75) is 34.1 Å². The predicted octanol–water partition coefficient (Wildman–Crippen LogP) is 3.00. The SMILES string of the molecule is CC.CC.CN(C)CCCNC(=O)c1ccccc1N. The number of rotatable bonds is 5. The average molecular weight is 281 g/mol. The van der Waals surface area contributed by atoms with Crippen molar-refractivity contribution < 1.29 is 4.79 Å². The van der Waals surface area contributed by atoms with E-state index in [1.807, 2.05) is 53.9 Å². The highest BCUT2D eigenvalue weighted by Crippen LogP contribution is 2.09. The Morgan fingerprint density at radius 2 is 1.70 bits per heavy atom. The van der Waals surface area contributed by atoms with Crippen molar-refractivity contribution in [3.05, 3.63) is 29.8 Å². The molecule has 0 bridgehead atoms. The zero-order chi connectivity index (χ0) is 16.0. The fourth-order valence-corrected chi connectivity index (χ4v) is 1.40. The molecular formula is C16H31N3O. The molecule has 0 saturated carbocycles. The Hall–Kier alpha value is -1.55. The van der Waals surface area contributed by atoms with Crippen molar-refractivity contribution >= 4 is 11.6 Å². The summed E-state index contributed by atoms with van der Waals surface area (Å²) in [7, 11) is 4.02. The number of nitrogens with zero attached hydrogens (tertiary/aromatic N) is 1. The molecule has 3 N–H and O–H groups in total. The summed E-state index contributed by atoms with van der Waals surface area (Å²) in [6.45, 7) is 9.63. The number of anilines is 1. The van der Waals surface area contributed by atoms with Gasteiger partial charge in [0.1, 0.15) is 0 Å². The van der Waals surface area contributed by atoms with Gasteiger partial charge in [-0.3, -0.25) is 4.79 Å². The molecule has 1 amide bonds. The molecule has 0 aliphatic heterocycles. The highest BCUT2D eigenvalue weighted by Gasteiger charge is 2.07. The lowest BCUT2D eigenvalue weighted by molar-refractivity contribution is 0.0953. The van der Waals surface area contributed by atoms with Gasteiger partial charge in [0, 0.05) is 12.2 Å². The summed E-state index contributed by atoms with van der Waals surface area (Å²) in [5.74, 6) is -0.100. The Morgan fingerprint density at radius 3 is 2.20 bits per heavy atom. The lowest BCUT2D eigenvalue weighted by Crippen LogP contribution is -2.27. The number of benzene rings is 1. The average Bonchev–Trinajstić information content (AvgIpc) is 2.48. The van der Waals surface area contributed by atoms with E-state index in [0.29, 0.717) is 17.8 Å². The van der Waals surface area contributed by atoms with Gasteiger partial charge in [0.05, 0.1) is 5.56 Å². The van der Waals surface area contributed by atoms with E-state index in [1.165, 1.54) is 0 Å². The number of hydrogen-bond donors (Lipinski definition) is 2. The van der Waals surface area contributed by atoms with E-state index in [1.54, 1.807) is 12.1 Å². The normalized spacial score (nSPS) is 8.95. The molecule has 20 heavy (non-hydrogen) atoms. The van der Waals surface area contributed by atoms with Crippen molar-refractivity contribution in [3.63, 3.8) is 0 Å². The number of para-hydroxylation sites is 1. The van der Waals surface area contributed by atoms with Gasteiger partial charge >= 0.3 is 0 Å². The van der Waals surface area contributed by atoms with Crippen LogP contribution in [0.25, 0.3) is 0 Å². The maximum absolute atomic E-state index is 11.7. The van der Waals surface area contributed by atoms with Crippen LogP contribution in [0.2, 0.25) is 0 Å². The van der Waals surface area contributed by atoms with E-state index in [-0.39, 0.29) is 5.91 Å². The van der Waals surface area contributed by atoms with E-state index < -0.39 is 0 Å². The molecule has 116 valence electrons. The molecule has 0 aliphatic carbocycles. The fraction of sp³-hybridized carbons (Fsp3) is 0.562. The minimum absolute atomic E-state index is 0.100. The third-order valence-electron chi connectivity index (χ3n) is 2.27. The molecule has 1 rings (SSSR count). The van der Waals surface area contributed by atoms with Gasteiger partial charge in [-0.25, -0.2) is 0 Å². The van der Waals surface area contributed by atoms with Crippen molar-refractivity contribution in [2.75, 3.05) is 32.9 Å². The Kier molecular flexibility index (Phi) is 14.4. The predicted molar refractivity (Wildman–Crippen MR) is 89.1 cm³/mol. The van der Waals surface area contributed by atoms with Crippen LogP contribution in [0, 0.1) is 0 Å². The number of nitrogen functional groups attached to an aromatic ring is 1. The Bertz CT molecular complexity index is 351. The van der Waals surface area contributed by atoms with Gasteiger partial charge in [-0.1, -0.05) is 39.8 Å². The number of nitrogens with two attached hydrogens (primary N) is 1. The number of hydrogen-bond acceptors (Lipinski definition) is 3. The molecular weight excluding hydrogens is 250 g/mol. The van der Waals surface area contributed by atoms with Crippen LogP contribution in [0.4, 0.5) is 5.69 Å². The summed E-state index contributed by atoms with van der Waals surface area (Å²) in [5.41, 5.74) is 6.77. The van der Waals surface area contributed by atoms with Crippen LogP contribution in [-0.4, -0.2) is 38.0 Å². The second-order valence-electron chi connectivity index (χ2n) is 4.00. The lowest BCUT2D eigenvalue weighted by atomic mass is 10.1. The van der Waals surface area contributed by atoms with Gasteiger partial charge in [0.25, 0.3) is 5.91 Å². The smallest absolute Gasteiger partial charge is 0.253 e. The van der Waals surface area contributed by atoms with E-state index in [9.17, 15) is 4.79 Å². The Morgan fingerprint density at radius 1 is 1.15 bits per heavy atom. The summed E-state index contributed by atoms with van der Waals surface area (Å²) < 4.78 is 0. The van der Waals surface area contributed by atoms with E-state index in [4.69, 9.17) is 5.73 Å². The topological polar surface area (TPSA) is 58.4 Å². The molecule has 0 unspecified atom stereocenters. The fourth-order valence-electron chi connectivity index (χ4n) is 1.40. The van der Waals surface area contributed by atoms with Gasteiger partial charge in [0.15, 0.2) is 0 Å². The van der Waals surface area contributed by atoms with Crippen molar-refractivity contribution in [1.29, 1.82) is 0 Å². The van der Waals surface area contributed by atoms with Crippen molar-refractivity contribution in [2.24, 2.45) is 0 Å². The molecule has 0 radical (unpaired) electrons. The van der Waals surface area contributed by atoms with Crippen LogP contribution in [0.1, 0.15) is 44.5 Å². The van der Waals surface area contributed by atoms with Gasteiger partial charge in [-0.15, -0.1) is 0 Å². The van der Waals surface area contributed by atoms with Crippen LogP contribution < -0.4 is 11.1 Å². The van der Waals surface area contributed by atoms with E-state index in [2.05, 4.69) is 10.2 Å². The second-order valence-corrected chi connectivity index (χ2v) is 4.00. The third kappa shape index (κ3) is 9.39. The molecule has 1 aromatic rings. The monoisotopic (exact) mass is 281 g/mol. The zero-order valence-electron chi connectivity index (χ0n) is 13.9. The first kappa shape index (κ1) is 20.8. The Balaban J connectivity index is 0. The maximum Gasteiger partial charge on any atom is 0.253 e. The summed E-state index contributed by atoms with van der Waals surface area (Å²) in [4.78, 5) is 13.8. The van der Waals surface area contributed by atoms with Crippen LogP contribution >= 0.6 is 0 Å². The van der Waals surface area contributed by atoms with Crippen LogP contribution in [0.5, 0.6) is 0 Å². The molecule has 1 aromatic carbocycles. The van der Waals surface area contributed by atoms with Crippen LogP contribution in [-0.2, 0) is 0 Å².